The van der Waals surface area contributed by atoms with Crippen LogP contribution in [0.1, 0.15) is 24.6 Å². The minimum Gasteiger partial charge on any atom is -0.367 e. The first kappa shape index (κ1) is 18.3. The summed E-state index contributed by atoms with van der Waals surface area (Å²) in [5.41, 5.74) is 3.55. The molecule has 0 bridgehead atoms. The summed E-state index contributed by atoms with van der Waals surface area (Å²) in [5, 5.41) is 4.98. The van der Waals surface area contributed by atoms with Gasteiger partial charge in [-0.05, 0) is 44.5 Å². The van der Waals surface area contributed by atoms with Crippen LogP contribution in [-0.4, -0.2) is 39.1 Å². The highest BCUT2D eigenvalue weighted by molar-refractivity contribution is 7.90. The molecule has 1 fully saturated rings. The van der Waals surface area contributed by atoms with Crippen molar-refractivity contribution in [2.24, 2.45) is 0 Å². The van der Waals surface area contributed by atoms with E-state index in [1.807, 2.05) is 13.8 Å². The molecule has 1 atom stereocenters. The van der Waals surface area contributed by atoms with Crippen molar-refractivity contribution in [1.29, 1.82) is 0 Å². The van der Waals surface area contributed by atoms with Crippen LogP contribution in [0, 0.1) is 12.7 Å². The fourth-order valence-electron chi connectivity index (χ4n) is 3.30. The Morgan fingerprint density at radius 2 is 2.24 bits per heavy atom. The van der Waals surface area contributed by atoms with Gasteiger partial charge in [0.1, 0.15) is 10.7 Å². The van der Waals surface area contributed by atoms with Crippen LogP contribution in [0.3, 0.4) is 0 Å². The molecule has 8 heteroatoms. The number of likely N-dealkylation sites (N-methyl/N-ethyl adjacent to an activating group) is 1. The average Bonchev–Trinajstić information content (AvgIpc) is 3.24. The quantitative estimate of drug-likeness (QED) is 0.831. The predicted molar refractivity (Wildman–Crippen MR) is 98.4 cm³/mol. The smallest absolute Gasteiger partial charge is 0.187 e. The largest absolute Gasteiger partial charge is 0.367 e. The van der Waals surface area contributed by atoms with E-state index in [0.717, 1.165) is 37.3 Å². The van der Waals surface area contributed by atoms with E-state index in [2.05, 4.69) is 15.2 Å². The van der Waals surface area contributed by atoms with Gasteiger partial charge in [0.2, 0.25) is 0 Å². The summed E-state index contributed by atoms with van der Waals surface area (Å²) in [6.07, 6.45) is 0.999. The van der Waals surface area contributed by atoms with Crippen LogP contribution in [0.15, 0.2) is 27.9 Å². The van der Waals surface area contributed by atoms with Gasteiger partial charge in [-0.3, -0.25) is 0 Å². The van der Waals surface area contributed by atoms with Crippen LogP contribution < -0.4 is 10.2 Å². The van der Waals surface area contributed by atoms with Gasteiger partial charge in [-0.25, -0.2) is 17.8 Å². The second kappa shape index (κ2) is 7.39. The second-order valence-electron chi connectivity index (χ2n) is 6.24. The lowest BCUT2D eigenvalue weighted by atomic mass is 10.1. The van der Waals surface area contributed by atoms with Crippen molar-refractivity contribution in [2.75, 3.05) is 24.5 Å². The molecule has 3 rings (SSSR count). The van der Waals surface area contributed by atoms with Gasteiger partial charge in [-0.15, -0.1) is 11.3 Å². The third-order valence-electron chi connectivity index (χ3n) is 4.53. The van der Waals surface area contributed by atoms with Crippen LogP contribution in [0.25, 0.3) is 0 Å². The Kier molecular flexibility index (Phi) is 5.41. The average molecular weight is 384 g/mol. The molecule has 2 heterocycles. The molecule has 5 nitrogen and oxygen atoms in total. The summed E-state index contributed by atoms with van der Waals surface area (Å²) in [7, 11) is -3.77. The molecule has 0 radical (unpaired) electrons. The van der Waals surface area contributed by atoms with Crippen LogP contribution in [0.5, 0.6) is 0 Å². The molecule has 1 N–H and O–H groups in total. The zero-order valence-corrected chi connectivity index (χ0v) is 16.0. The molecule has 1 aromatic carbocycles. The van der Waals surface area contributed by atoms with Crippen molar-refractivity contribution in [1.82, 2.24) is 10.3 Å². The SMILES string of the molecule is CCN(c1cc(F)c(S(=O)(=O)Cc2cscn2)cc1C)[C@H]1CCNC1. The number of halogens is 1. The molecule has 0 amide bonds. The number of aromatic nitrogens is 1. The van der Waals surface area contributed by atoms with Crippen LogP contribution in [-0.2, 0) is 15.6 Å². The Balaban J connectivity index is 1.94. The minimum absolute atomic E-state index is 0.248. The van der Waals surface area contributed by atoms with Gasteiger partial charge in [-0.1, -0.05) is 0 Å². The van der Waals surface area contributed by atoms with Crippen molar-refractivity contribution >= 4 is 26.9 Å². The molecule has 0 unspecified atom stereocenters. The summed E-state index contributed by atoms with van der Waals surface area (Å²) in [5.74, 6) is -0.976. The summed E-state index contributed by atoms with van der Waals surface area (Å²) < 4.78 is 39.9. The highest BCUT2D eigenvalue weighted by atomic mass is 32.2. The molecule has 1 aliphatic rings. The van der Waals surface area contributed by atoms with E-state index in [1.165, 1.54) is 23.5 Å². The van der Waals surface area contributed by atoms with Gasteiger partial charge < -0.3 is 10.2 Å². The number of nitrogens with one attached hydrogen (secondary N) is 1. The minimum atomic E-state index is -3.77. The van der Waals surface area contributed by atoms with Crippen LogP contribution in [0.2, 0.25) is 0 Å². The maximum absolute atomic E-state index is 14.7. The number of sulfone groups is 1. The van der Waals surface area contributed by atoms with E-state index in [1.54, 1.807) is 10.9 Å². The van der Waals surface area contributed by atoms with E-state index >= 15 is 0 Å². The number of rotatable bonds is 6. The molecule has 136 valence electrons. The van der Waals surface area contributed by atoms with Gasteiger partial charge in [0.15, 0.2) is 9.84 Å². The summed E-state index contributed by atoms with van der Waals surface area (Å²) >= 11 is 1.32. The standard InChI is InChI=1S/C17H22FN3O2S2/c1-3-21(14-4-5-19-8-14)16-7-15(18)17(6-12(16)2)25(22,23)10-13-9-24-11-20-13/h6-7,9,11,14,19H,3-5,8,10H2,1-2H3/t14-/m0/s1. The molecule has 0 aliphatic carbocycles. The summed E-state index contributed by atoms with van der Waals surface area (Å²) in [6, 6.07) is 3.13. The lowest BCUT2D eigenvalue weighted by Crippen LogP contribution is -2.37. The molecule has 0 spiro atoms. The molecular weight excluding hydrogens is 361 g/mol. The Labute approximate surface area is 151 Å². The molecule has 1 saturated heterocycles. The molecule has 25 heavy (non-hydrogen) atoms. The van der Waals surface area contributed by atoms with E-state index in [-0.39, 0.29) is 10.6 Å². The zero-order chi connectivity index (χ0) is 18.0. The first-order valence-electron chi connectivity index (χ1n) is 8.29. The monoisotopic (exact) mass is 383 g/mol. The van der Waals surface area contributed by atoms with Gasteiger partial charge in [0, 0.05) is 30.2 Å². The molecule has 1 aromatic heterocycles. The normalized spacial score (nSPS) is 17.8. The van der Waals surface area contributed by atoms with Gasteiger partial charge >= 0.3 is 0 Å². The Bertz CT molecular complexity index is 832. The number of nitrogens with zero attached hydrogens (tertiary/aromatic N) is 2. The maximum atomic E-state index is 14.7. The topological polar surface area (TPSA) is 62.3 Å². The van der Waals surface area contributed by atoms with Crippen molar-refractivity contribution in [3.63, 3.8) is 0 Å². The summed E-state index contributed by atoms with van der Waals surface area (Å²) in [4.78, 5) is 5.89. The lowest BCUT2D eigenvalue weighted by Gasteiger charge is -2.31. The number of anilines is 1. The number of thiazole rings is 1. The van der Waals surface area contributed by atoms with E-state index < -0.39 is 15.7 Å². The predicted octanol–water partition coefficient (Wildman–Crippen LogP) is 2.75. The highest BCUT2D eigenvalue weighted by Gasteiger charge is 2.26. The first-order chi connectivity index (χ1) is 11.9. The molecular formula is C17H22FN3O2S2. The van der Waals surface area contributed by atoms with Crippen LogP contribution in [0.4, 0.5) is 10.1 Å². The van der Waals surface area contributed by atoms with E-state index in [4.69, 9.17) is 0 Å². The van der Waals surface area contributed by atoms with Crippen molar-refractivity contribution in [2.45, 2.75) is 37.0 Å². The zero-order valence-electron chi connectivity index (χ0n) is 14.3. The Hall–Kier alpha value is -1.51. The molecule has 2 aromatic rings. The van der Waals surface area contributed by atoms with Crippen molar-refractivity contribution in [3.05, 3.63) is 40.1 Å². The van der Waals surface area contributed by atoms with Gasteiger partial charge in [0.25, 0.3) is 0 Å². The van der Waals surface area contributed by atoms with E-state index in [9.17, 15) is 12.8 Å². The Morgan fingerprint density at radius 3 is 2.84 bits per heavy atom. The summed E-state index contributed by atoms with van der Waals surface area (Å²) in [6.45, 7) is 6.42. The fourth-order valence-corrected chi connectivity index (χ4v) is 5.38. The number of hydrogen-bond donors (Lipinski definition) is 1. The molecule has 1 aliphatic heterocycles. The Morgan fingerprint density at radius 1 is 1.44 bits per heavy atom. The lowest BCUT2D eigenvalue weighted by molar-refractivity contribution is 0.563. The maximum Gasteiger partial charge on any atom is 0.187 e. The third-order valence-corrected chi connectivity index (χ3v) is 6.83. The first-order valence-corrected chi connectivity index (χ1v) is 10.9. The second-order valence-corrected chi connectivity index (χ2v) is 8.92. The van der Waals surface area contributed by atoms with Crippen molar-refractivity contribution in [3.8, 4) is 0 Å². The fraction of sp³-hybridized carbons (Fsp3) is 0.471. The van der Waals surface area contributed by atoms with Crippen molar-refractivity contribution < 1.29 is 12.8 Å². The number of aryl methyl sites for hydroxylation is 1. The number of hydrogen-bond acceptors (Lipinski definition) is 6. The molecule has 0 saturated carbocycles. The van der Waals surface area contributed by atoms with E-state index in [0.29, 0.717) is 11.7 Å². The number of benzene rings is 1. The van der Waals surface area contributed by atoms with Gasteiger partial charge in [0.05, 0.1) is 17.0 Å². The highest BCUT2D eigenvalue weighted by Crippen LogP contribution is 2.30. The van der Waals surface area contributed by atoms with Gasteiger partial charge in [-0.2, -0.15) is 0 Å². The van der Waals surface area contributed by atoms with Crippen LogP contribution >= 0.6 is 11.3 Å². The third kappa shape index (κ3) is 3.86.